The van der Waals surface area contributed by atoms with Crippen molar-refractivity contribution in [3.05, 3.63) is 22.8 Å². The molecule has 0 spiro atoms. The van der Waals surface area contributed by atoms with Crippen molar-refractivity contribution in [3.8, 4) is 5.75 Å². The van der Waals surface area contributed by atoms with E-state index in [9.17, 15) is 5.11 Å². The van der Waals surface area contributed by atoms with Gasteiger partial charge < -0.3 is 9.84 Å². The molecule has 1 aromatic heterocycles. The minimum absolute atomic E-state index is 0.0468. The van der Waals surface area contributed by atoms with Crippen LogP contribution < -0.4 is 0 Å². The summed E-state index contributed by atoms with van der Waals surface area (Å²) in [6, 6.07) is 1.84. The standard InChI is InChI=1S/C13H15ClN2O2/c1-8-10(14)6-11-9(13(8)17)7-15-16(11)12-4-2-3-5-18-12/h6-7,12,17H,2-5H2,1H3. The van der Waals surface area contributed by atoms with Crippen LogP contribution in [0.1, 0.15) is 31.1 Å². The topological polar surface area (TPSA) is 47.3 Å². The number of halogens is 1. The maximum absolute atomic E-state index is 10.1. The van der Waals surface area contributed by atoms with Crippen molar-refractivity contribution in [2.45, 2.75) is 32.4 Å². The third-order valence-electron chi connectivity index (χ3n) is 3.49. The lowest BCUT2D eigenvalue weighted by atomic mass is 10.1. The van der Waals surface area contributed by atoms with Gasteiger partial charge in [0.25, 0.3) is 0 Å². The number of nitrogens with zero attached hydrogens (tertiary/aromatic N) is 2. The van der Waals surface area contributed by atoms with Gasteiger partial charge >= 0.3 is 0 Å². The average Bonchev–Trinajstić information content (AvgIpc) is 2.81. The molecule has 1 aliphatic rings. The Morgan fingerprint density at radius 2 is 2.33 bits per heavy atom. The summed E-state index contributed by atoms with van der Waals surface area (Å²) in [5.74, 6) is 0.208. The first kappa shape index (κ1) is 11.8. The summed E-state index contributed by atoms with van der Waals surface area (Å²) in [6.45, 7) is 2.56. The van der Waals surface area contributed by atoms with E-state index in [0.29, 0.717) is 10.6 Å². The highest BCUT2D eigenvalue weighted by molar-refractivity contribution is 6.32. The molecule has 1 fully saturated rings. The van der Waals surface area contributed by atoms with Gasteiger partial charge in [-0.3, -0.25) is 0 Å². The van der Waals surface area contributed by atoms with Gasteiger partial charge in [-0.25, -0.2) is 4.68 Å². The van der Waals surface area contributed by atoms with E-state index >= 15 is 0 Å². The van der Waals surface area contributed by atoms with Gasteiger partial charge in [0.2, 0.25) is 0 Å². The number of aromatic hydroxyl groups is 1. The monoisotopic (exact) mass is 266 g/mol. The second-order valence-corrected chi connectivity index (χ2v) is 5.08. The Hall–Kier alpha value is -1.26. The van der Waals surface area contributed by atoms with E-state index < -0.39 is 0 Å². The van der Waals surface area contributed by atoms with Crippen molar-refractivity contribution in [2.75, 3.05) is 6.61 Å². The van der Waals surface area contributed by atoms with Crippen LogP contribution >= 0.6 is 11.6 Å². The fraction of sp³-hybridized carbons (Fsp3) is 0.462. The highest BCUT2D eigenvalue weighted by atomic mass is 35.5. The van der Waals surface area contributed by atoms with Gasteiger partial charge in [-0.1, -0.05) is 11.6 Å². The SMILES string of the molecule is Cc1c(Cl)cc2c(cnn2C2CCCCO2)c1O. The van der Waals surface area contributed by atoms with Crippen molar-refractivity contribution >= 4 is 22.5 Å². The number of phenols is 1. The molecule has 1 saturated heterocycles. The molecule has 0 aliphatic carbocycles. The lowest BCUT2D eigenvalue weighted by Gasteiger charge is -2.23. The van der Waals surface area contributed by atoms with Crippen LogP contribution in [-0.2, 0) is 4.74 Å². The summed E-state index contributed by atoms with van der Waals surface area (Å²) < 4.78 is 7.54. The largest absolute Gasteiger partial charge is 0.507 e. The van der Waals surface area contributed by atoms with Crippen molar-refractivity contribution in [3.63, 3.8) is 0 Å². The van der Waals surface area contributed by atoms with E-state index in [4.69, 9.17) is 16.3 Å². The first-order valence-corrected chi connectivity index (χ1v) is 6.53. The molecule has 1 aromatic carbocycles. The van der Waals surface area contributed by atoms with E-state index in [1.54, 1.807) is 13.1 Å². The Balaban J connectivity index is 2.13. The Kier molecular flexibility index (Phi) is 2.92. The van der Waals surface area contributed by atoms with Crippen molar-refractivity contribution in [1.29, 1.82) is 0 Å². The lowest BCUT2D eigenvalue weighted by molar-refractivity contribution is -0.0366. The number of fused-ring (bicyclic) bond motifs is 1. The van der Waals surface area contributed by atoms with E-state index in [1.165, 1.54) is 0 Å². The molecule has 3 rings (SSSR count). The van der Waals surface area contributed by atoms with Gasteiger partial charge in [0.15, 0.2) is 6.23 Å². The predicted molar refractivity (Wildman–Crippen MR) is 70.0 cm³/mol. The Bertz CT molecular complexity index is 588. The molecular weight excluding hydrogens is 252 g/mol. The summed E-state index contributed by atoms with van der Waals surface area (Å²) in [4.78, 5) is 0. The molecule has 2 heterocycles. The van der Waals surface area contributed by atoms with Gasteiger partial charge in [0.05, 0.1) is 17.1 Å². The predicted octanol–water partition coefficient (Wildman–Crippen LogP) is 3.40. The molecule has 96 valence electrons. The van der Waals surface area contributed by atoms with Crippen LogP contribution in [-0.4, -0.2) is 21.5 Å². The lowest BCUT2D eigenvalue weighted by Crippen LogP contribution is -2.18. The fourth-order valence-corrected chi connectivity index (χ4v) is 2.58. The molecule has 1 aliphatic heterocycles. The number of ether oxygens (including phenoxy) is 1. The Morgan fingerprint density at radius 3 is 3.06 bits per heavy atom. The molecule has 0 radical (unpaired) electrons. The van der Waals surface area contributed by atoms with E-state index in [-0.39, 0.29) is 12.0 Å². The molecule has 1 N–H and O–H groups in total. The Labute approximate surface area is 110 Å². The number of rotatable bonds is 1. The van der Waals surface area contributed by atoms with Gasteiger partial charge in [0, 0.05) is 17.2 Å². The van der Waals surface area contributed by atoms with Crippen LogP contribution in [0.3, 0.4) is 0 Å². The quantitative estimate of drug-likeness (QED) is 0.860. The second-order valence-electron chi connectivity index (χ2n) is 4.68. The number of hydrogen-bond donors (Lipinski definition) is 1. The summed E-state index contributed by atoms with van der Waals surface area (Å²) in [6.07, 6.45) is 4.81. The molecule has 0 saturated carbocycles. The summed E-state index contributed by atoms with van der Waals surface area (Å²) in [5, 5.41) is 15.7. The smallest absolute Gasteiger partial charge is 0.150 e. The van der Waals surface area contributed by atoms with Gasteiger partial charge in [-0.15, -0.1) is 0 Å². The molecule has 4 nitrogen and oxygen atoms in total. The molecule has 0 bridgehead atoms. The van der Waals surface area contributed by atoms with Gasteiger partial charge in [-0.05, 0) is 32.3 Å². The summed E-state index contributed by atoms with van der Waals surface area (Å²) in [5.41, 5.74) is 1.52. The molecule has 1 atom stereocenters. The van der Waals surface area contributed by atoms with E-state index in [0.717, 1.165) is 36.8 Å². The molecular formula is C13H15ClN2O2. The summed E-state index contributed by atoms with van der Waals surface area (Å²) >= 11 is 6.12. The molecule has 18 heavy (non-hydrogen) atoms. The number of benzene rings is 1. The first-order chi connectivity index (χ1) is 8.68. The summed E-state index contributed by atoms with van der Waals surface area (Å²) in [7, 11) is 0. The Morgan fingerprint density at radius 1 is 1.50 bits per heavy atom. The molecule has 1 unspecified atom stereocenters. The number of aromatic nitrogens is 2. The van der Waals surface area contributed by atoms with Crippen LogP contribution in [0.2, 0.25) is 5.02 Å². The van der Waals surface area contributed by atoms with E-state index in [1.807, 2.05) is 10.7 Å². The van der Waals surface area contributed by atoms with E-state index in [2.05, 4.69) is 5.10 Å². The number of phenolic OH excluding ortho intramolecular Hbond substituents is 1. The van der Waals surface area contributed by atoms with Crippen molar-refractivity contribution < 1.29 is 9.84 Å². The minimum atomic E-state index is -0.0468. The van der Waals surface area contributed by atoms with Crippen LogP contribution in [0.5, 0.6) is 5.75 Å². The minimum Gasteiger partial charge on any atom is -0.507 e. The fourth-order valence-electron chi connectivity index (χ4n) is 2.39. The zero-order valence-electron chi connectivity index (χ0n) is 10.2. The first-order valence-electron chi connectivity index (χ1n) is 6.15. The highest BCUT2D eigenvalue weighted by Crippen LogP contribution is 2.35. The zero-order valence-corrected chi connectivity index (χ0v) is 10.9. The molecule has 5 heteroatoms. The molecule has 0 amide bonds. The maximum Gasteiger partial charge on any atom is 0.150 e. The van der Waals surface area contributed by atoms with Gasteiger partial charge in [-0.2, -0.15) is 5.10 Å². The third kappa shape index (κ3) is 1.76. The third-order valence-corrected chi connectivity index (χ3v) is 3.89. The maximum atomic E-state index is 10.1. The second kappa shape index (κ2) is 4.44. The molecule has 2 aromatic rings. The van der Waals surface area contributed by atoms with Crippen LogP contribution in [0.25, 0.3) is 10.9 Å². The van der Waals surface area contributed by atoms with Crippen molar-refractivity contribution in [1.82, 2.24) is 9.78 Å². The average molecular weight is 267 g/mol. The van der Waals surface area contributed by atoms with Crippen LogP contribution in [0, 0.1) is 6.92 Å². The van der Waals surface area contributed by atoms with Crippen LogP contribution in [0.4, 0.5) is 0 Å². The highest BCUT2D eigenvalue weighted by Gasteiger charge is 2.20. The number of hydrogen-bond acceptors (Lipinski definition) is 3. The van der Waals surface area contributed by atoms with Crippen molar-refractivity contribution in [2.24, 2.45) is 0 Å². The van der Waals surface area contributed by atoms with Crippen LogP contribution in [0.15, 0.2) is 12.3 Å². The zero-order chi connectivity index (χ0) is 12.7. The normalized spacial score (nSPS) is 20.4. The van der Waals surface area contributed by atoms with Gasteiger partial charge in [0.1, 0.15) is 5.75 Å².